The fraction of sp³-hybridized carbons (Fsp3) is 0.231. The molecule has 18 heteroatoms. The molecule has 8 aromatic carbocycles. The van der Waals surface area contributed by atoms with E-state index in [1.54, 1.807) is 48.5 Å². The molecule has 0 aromatic heterocycles. The SMILES string of the molecule is CN[C@H](c1ccccc1)[C@H]([N-]S(=O)(=O)c1ccc(C)cc1)c1ccccc1.CN[C@H](c1ccccc1)[C@H]([N-]S(=O)(=O)c1ccc(C)cc1)c1ccccc1.Cc1cc(C)cc(C)c1.Cc1ccc(C(C)C)cc1.F[B-](F)(F)F.[CH3-].[CH3-].[Cl][Ru+3].[Ru+4]. The normalized spacial score (nSPS) is 12.1. The van der Waals surface area contributed by atoms with Crippen molar-refractivity contribution in [2.75, 3.05) is 14.1 Å². The van der Waals surface area contributed by atoms with Gasteiger partial charge in [0.15, 0.2) is 0 Å². The van der Waals surface area contributed by atoms with Crippen molar-refractivity contribution < 1.29 is 70.9 Å². The van der Waals surface area contributed by atoms with E-state index in [2.05, 4.69) is 114 Å². The summed E-state index contributed by atoms with van der Waals surface area (Å²) < 4.78 is 99.6. The molecule has 0 radical (unpaired) electrons. The van der Waals surface area contributed by atoms with E-state index >= 15 is 0 Å². The Bertz CT molecular complexity index is 3020. The molecule has 0 bridgehead atoms. The van der Waals surface area contributed by atoms with Crippen LogP contribution in [0, 0.1) is 56.4 Å². The average molecular weight is 1370 g/mol. The minimum Gasteiger partial charge on any atom is 4.00 e. The molecule has 0 heterocycles. The van der Waals surface area contributed by atoms with E-state index in [-0.39, 0.29) is 56.2 Å². The van der Waals surface area contributed by atoms with Gasteiger partial charge in [0.1, 0.15) is 20.0 Å². The molecule has 8 nitrogen and oxygen atoms in total. The van der Waals surface area contributed by atoms with Gasteiger partial charge in [-0.2, -0.15) is 0 Å². The maximum Gasteiger partial charge on any atom is 4.00 e. The molecule has 0 aliphatic carbocycles. The van der Waals surface area contributed by atoms with Crippen molar-refractivity contribution >= 4 is 37.0 Å². The van der Waals surface area contributed by atoms with E-state index in [0.29, 0.717) is 5.92 Å². The van der Waals surface area contributed by atoms with Gasteiger partial charge in [-0.25, -0.2) is 16.8 Å². The summed E-state index contributed by atoms with van der Waals surface area (Å²) in [6.07, 6.45) is 0. The Labute approximate surface area is 521 Å². The first-order valence-electron chi connectivity index (χ1n) is 25.6. The largest absolute Gasteiger partial charge is 4.00 e. The van der Waals surface area contributed by atoms with Gasteiger partial charge in [-0.05, 0) is 103 Å². The Balaban J connectivity index is 0.00000111. The topological polar surface area (TPSA) is 121 Å². The smallest absolute Gasteiger partial charge is 4.00 e. The summed E-state index contributed by atoms with van der Waals surface area (Å²) in [7, 11) is -5.39. The number of hydrogen-bond donors (Lipinski definition) is 2. The monoisotopic (exact) mass is 1370 g/mol. The van der Waals surface area contributed by atoms with Gasteiger partial charge in [0.2, 0.25) is 0 Å². The van der Waals surface area contributed by atoms with Crippen molar-refractivity contribution in [3.8, 4) is 0 Å². The van der Waals surface area contributed by atoms with Crippen LogP contribution in [0.4, 0.5) is 17.3 Å². The van der Waals surface area contributed by atoms with Gasteiger partial charge in [0.25, 0.3) is 0 Å². The minimum atomic E-state index is -6.00. The molecule has 0 aliphatic heterocycles. The van der Waals surface area contributed by atoms with Gasteiger partial charge in [0.05, 0.1) is 0 Å². The molecule has 0 saturated carbocycles. The molecule has 2 N–H and O–H groups in total. The molecule has 0 amide bonds. The van der Waals surface area contributed by atoms with Gasteiger partial charge in [-0.15, -0.1) is 0 Å². The zero-order valence-electron chi connectivity index (χ0n) is 49.1. The Morgan fingerprint density at radius 2 is 0.627 bits per heavy atom. The molecule has 0 unspecified atom stereocenters. The molecular weight excluding hydrogens is 1290 g/mol. The Hall–Kier alpha value is -5.18. The third-order valence-electron chi connectivity index (χ3n) is 12.1. The van der Waals surface area contributed by atoms with Gasteiger partial charge < -0.3 is 52.2 Å². The summed E-state index contributed by atoms with van der Waals surface area (Å²) in [6.45, 7) is 16.8. The summed E-state index contributed by atoms with van der Waals surface area (Å²) in [5, 5.41) is 6.48. The van der Waals surface area contributed by atoms with E-state index in [1.807, 2.05) is 167 Å². The first-order valence-corrected chi connectivity index (χ1v) is 30.8. The van der Waals surface area contributed by atoms with E-state index < -0.39 is 39.4 Å². The van der Waals surface area contributed by atoms with Crippen LogP contribution in [0.3, 0.4) is 0 Å². The van der Waals surface area contributed by atoms with Crippen molar-refractivity contribution in [2.24, 2.45) is 0 Å². The summed E-state index contributed by atoms with van der Waals surface area (Å²) >= 11 is 1.82. The average Bonchev–Trinajstić information content (AvgIpc) is 3.63. The fourth-order valence-corrected chi connectivity index (χ4v) is 10.5. The molecule has 0 spiro atoms. The number of nitrogens with zero attached hydrogens (tertiary/aromatic N) is 2. The molecule has 0 aliphatic rings. The van der Waals surface area contributed by atoms with E-state index in [4.69, 9.17) is 0 Å². The van der Waals surface area contributed by atoms with Crippen LogP contribution in [0.15, 0.2) is 222 Å². The summed E-state index contributed by atoms with van der Waals surface area (Å²) in [5.74, 6) is 0.653. The molecule has 4 atom stereocenters. The van der Waals surface area contributed by atoms with Crippen LogP contribution >= 0.6 is 9.69 Å². The molecular formula is C65H78BClF4N4O4Ru2S2+2. The second-order valence-corrected chi connectivity index (χ2v) is 22.3. The second kappa shape index (κ2) is 39.4. The number of aryl methyl sites for hydroxylation is 6. The van der Waals surface area contributed by atoms with Gasteiger partial charge in [-0.1, -0.05) is 258 Å². The predicted octanol–water partition coefficient (Wildman–Crippen LogP) is 18.1. The van der Waals surface area contributed by atoms with Gasteiger partial charge in [0, 0.05) is 21.9 Å². The quantitative estimate of drug-likeness (QED) is 0.0599. The Kier molecular flexibility index (Phi) is 37.0. The number of rotatable bonds is 15. The number of sulfonamides is 2. The number of nitrogens with one attached hydrogen (secondary N) is 2. The van der Waals surface area contributed by atoms with Gasteiger partial charge in [-0.3, -0.25) is 0 Å². The zero-order chi connectivity index (χ0) is 59.5. The van der Waals surface area contributed by atoms with Crippen LogP contribution in [0.25, 0.3) is 9.44 Å². The van der Waals surface area contributed by atoms with Crippen LogP contribution in [-0.4, -0.2) is 38.2 Å². The van der Waals surface area contributed by atoms with E-state index in [0.717, 1.165) is 33.4 Å². The summed E-state index contributed by atoms with van der Waals surface area (Å²) in [4.78, 5) is 0.411. The minimum absolute atomic E-state index is 0. The second-order valence-electron chi connectivity index (χ2n) is 19.1. The predicted molar refractivity (Wildman–Crippen MR) is 333 cm³/mol. The van der Waals surface area contributed by atoms with Crippen molar-refractivity contribution in [3.05, 3.63) is 298 Å². The Morgan fingerprint density at radius 1 is 0.398 bits per heavy atom. The number of halogens is 5. The van der Waals surface area contributed by atoms with Crippen LogP contribution < -0.4 is 10.6 Å². The van der Waals surface area contributed by atoms with E-state index in [9.17, 15) is 34.1 Å². The van der Waals surface area contributed by atoms with Crippen LogP contribution in [0.2, 0.25) is 0 Å². The third-order valence-corrected chi connectivity index (χ3v) is 14.9. The fourth-order valence-electron chi connectivity index (χ4n) is 8.26. The van der Waals surface area contributed by atoms with Crippen molar-refractivity contribution in [1.29, 1.82) is 0 Å². The number of hydrogen-bond acceptors (Lipinski definition) is 6. The van der Waals surface area contributed by atoms with Crippen molar-refractivity contribution in [3.63, 3.8) is 0 Å². The molecule has 8 rings (SSSR count). The summed E-state index contributed by atoms with van der Waals surface area (Å²) in [5.41, 5.74) is 12.5. The molecule has 83 heavy (non-hydrogen) atoms. The number of benzene rings is 8. The van der Waals surface area contributed by atoms with E-state index in [1.165, 1.54) is 27.8 Å². The maximum atomic E-state index is 13.0. The standard InChI is InChI=1S/2C22H23N2O2S.C10H14.C9H12.2CH3.BF4.ClH.2Ru/c2*1-17-13-15-20(16-14-17)27(25,26)24-22(19-11-7-4-8-12-19)21(23-2)18-9-5-3-6-10-18;1-8(2)10-6-4-9(3)5-7-10;1-7-4-8(2)6-9(3)5-7;;;2-1(3,4)5;;;/h2*3-16,21-23H,1-2H3;4-8H,1-3H3;4-6H,1-3H3;2*1H3;;1H;;/q2*-1;;;3*-1;;2*+4/p-1/t2*21-,22-;;;;;;;;/m11......../s1. The first kappa shape index (κ1) is 77.8. The molecule has 8 aromatic rings. The van der Waals surface area contributed by atoms with Crippen LogP contribution in [-0.2, 0) is 56.8 Å². The van der Waals surface area contributed by atoms with Gasteiger partial charge >= 0.3 is 53.7 Å². The van der Waals surface area contributed by atoms with Crippen molar-refractivity contribution in [2.45, 2.75) is 95.3 Å². The maximum absolute atomic E-state index is 13.0. The summed E-state index contributed by atoms with van der Waals surface area (Å²) in [6, 6.07) is 65.7. The first-order chi connectivity index (χ1) is 37.9. The zero-order valence-corrected chi connectivity index (χ0v) is 55.0. The van der Waals surface area contributed by atoms with Crippen LogP contribution in [0.5, 0.6) is 0 Å². The Morgan fingerprint density at radius 3 is 0.855 bits per heavy atom. The molecule has 0 saturated heterocycles. The van der Waals surface area contributed by atoms with Crippen LogP contribution in [0.1, 0.15) is 105 Å². The third kappa shape index (κ3) is 28.5. The molecule has 0 fully saturated rings. The molecule has 446 valence electrons. The van der Waals surface area contributed by atoms with Crippen molar-refractivity contribution in [1.82, 2.24) is 10.6 Å². The number of likely N-dealkylation sites (N-methyl/N-ethyl adjacent to an activating group) is 2.